The topological polar surface area (TPSA) is 57.8 Å². The van der Waals surface area contributed by atoms with Crippen molar-refractivity contribution in [3.63, 3.8) is 0 Å². The van der Waals surface area contributed by atoms with E-state index in [-0.39, 0.29) is 10.9 Å². The first-order valence-corrected chi connectivity index (χ1v) is 16.1. The number of pyridine rings is 1. The molecule has 0 aliphatic carbocycles. The Balaban J connectivity index is 1.39. The van der Waals surface area contributed by atoms with E-state index in [0.29, 0.717) is 19.7 Å². The number of nitrogens with zero attached hydrogens (tertiary/aromatic N) is 5. The molecule has 0 spiro atoms. The van der Waals surface area contributed by atoms with E-state index in [1.165, 1.54) is 16.4 Å². The monoisotopic (exact) mass is 575 g/mol. The summed E-state index contributed by atoms with van der Waals surface area (Å²) < 4.78 is 25.8. The molecule has 0 saturated carbocycles. The Kier molecular flexibility index (Phi) is 7.58. The third-order valence-electron chi connectivity index (χ3n) is 7.74. The van der Waals surface area contributed by atoms with Crippen LogP contribution in [0.25, 0.3) is 22.4 Å². The Labute approximate surface area is 246 Å². The lowest BCUT2D eigenvalue weighted by atomic mass is 10.2. The third kappa shape index (κ3) is 5.31. The predicted octanol–water partition coefficient (Wildman–Crippen LogP) is 6.06. The predicted molar refractivity (Wildman–Crippen MR) is 168 cm³/mol. The first-order valence-electron chi connectivity index (χ1n) is 14.2. The summed E-state index contributed by atoms with van der Waals surface area (Å²) in [5.74, 6) is 0.441. The molecule has 0 aliphatic rings. The number of rotatable bonds is 9. The van der Waals surface area contributed by atoms with Gasteiger partial charge in [0.15, 0.2) is 0 Å². The first kappa shape index (κ1) is 27.8. The van der Waals surface area contributed by atoms with E-state index in [0.717, 1.165) is 28.0 Å². The van der Waals surface area contributed by atoms with E-state index in [1.807, 2.05) is 35.3 Å². The highest BCUT2D eigenvalue weighted by atomic mass is 28.4. The van der Waals surface area contributed by atoms with E-state index in [2.05, 4.69) is 89.9 Å². The number of benzene rings is 3. The zero-order valence-corrected chi connectivity index (χ0v) is 25.1. The maximum atomic E-state index is 14.5. The molecule has 0 saturated heterocycles. The maximum absolute atomic E-state index is 14.5. The molecule has 42 heavy (non-hydrogen) atoms. The van der Waals surface area contributed by atoms with Crippen LogP contribution in [0.5, 0.6) is 0 Å². The van der Waals surface area contributed by atoms with Gasteiger partial charge in [-0.3, -0.25) is 4.98 Å². The van der Waals surface area contributed by atoms with Gasteiger partial charge in [0.05, 0.1) is 30.5 Å². The highest BCUT2D eigenvalue weighted by Crippen LogP contribution is 2.37. The van der Waals surface area contributed by atoms with Crippen molar-refractivity contribution in [2.75, 3.05) is 6.61 Å². The van der Waals surface area contributed by atoms with Crippen LogP contribution in [0.3, 0.4) is 0 Å². The molecule has 0 atom stereocenters. The zero-order chi connectivity index (χ0) is 29.2. The molecular formula is C34H34FN5OSi. The van der Waals surface area contributed by atoms with Crippen molar-refractivity contribution in [3.8, 4) is 11.4 Å². The van der Waals surface area contributed by atoms with Crippen molar-refractivity contribution in [3.05, 3.63) is 127 Å². The molecule has 0 fully saturated rings. The summed E-state index contributed by atoms with van der Waals surface area (Å²) in [5.41, 5.74) is 3.36. The minimum Gasteiger partial charge on any atom is -0.406 e. The van der Waals surface area contributed by atoms with Crippen LogP contribution in [0, 0.1) is 5.82 Å². The van der Waals surface area contributed by atoms with Crippen LogP contribution >= 0.6 is 0 Å². The van der Waals surface area contributed by atoms with E-state index < -0.39 is 8.32 Å². The molecule has 6 nitrogen and oxygen atoms in total. The summed E-state index contributed by atoms with van der Waals surface area (Å²) in [5, 5.41) is 2.30. The molecule has 3 aromatic heterocycles. The van der Waals surface area contributed by atoms with Gasteiger partial charge < -0.3 is 13.6 Å². The van der Waals surface area contributed by atoms with Gasteiger partial charge in [-0.1, -0.05) is 81.4 Å². The number of fused-ring (bicyclic) bond motifs is 1. The standard InChI is InChI=1S/C34H34FN5OSi/c1-34(2,3)42(29-10-6-4-7-11-29,30-12-8-5-9-13-30)41-19-18-40-32-21-28(35)14-15-31(32)38-33(40)27-20-26(22-37-23-27)24-39-17-16-36-25-39/h4-17,20-23,25H,18-19,24H2,1-3H3. The van der Waals surface area contributed by atoms with Crippen LogP contribution in [0.2, 0.25) is 5.04 Å². The minimum absolute atomic E-state index is 0.146. The highest BCUT2D eigenvalue weighted by molar-refractivity contribution is 6.99. The lowest BCUT2D eigenvalue weighted by Crippen LogP contribution is -2.66. The van der Waals surface area contributed by atoms with Crippen LogP contribution in [-0.4, -0.2) is 39.0 Å². The average Bonchev–Trinajstić information content (AvgIpc) is 3.63. The zero-order valence-electron chi connectivity index (χ0n) is 24.1. The van der Waals surface area contributed by atoms with E-state index in [4.69, 9.17) is 9.41 Å². The number of imidazole rings is 2. The molecule has 3 aromatic carbocycles. The fourth-order valence-corrected chi connectivity index (χ4v) is 10.4. The highest BCUT2D eigenvalue weighted by Gasteiger charge is 2.50. The number of halogens is 1. The van der Waals surface area contributed by atoms with Gasteiger partial charge in [0, 0.05) is 36.9 Å². The van der Waals surface area contributed by atoms with Gasteiger partial charge in [0.2, 0.25) is 0 Å². The van der Waals surface area contributed by atoms with E-state index in [1.54, 1.807) is 24.7 Å². The number of hydrogen-bond acceptors (Lipinski definition) is 4. The molecule has 212 valence electrons. The molecule has 0 aliphatic heterocycles. The van der Waals surface area contributed by atoms with Crippen LogP contribution in [0.4, 0.5) is 4.39 Å². The fraction of sp³-hybridized carbons (Fsp3) is 0.206. The molecular weight excluding hydrogens is 541 g/mol. The van der Waals surface area contributed by atoms with Crippen molar-refractivity contribution in [1.82, 2.24) is 24.1 Å². The van der Waals surface area contributed by atoms with Crippen molar-refractivity contribution in [2.24, 2.45) is 0 Å². The molecule has 6 aromatic rings. The van der Waals surface area contributed by atoms with Crippen molar-refractivity contribution < 1.29 is 8.82 Å². The molecule has 0 amide bonds. The third-order valence-corrected chi connectivity index (χ3v) is 12.8. The quantitative estimate of drug-likeness (QED) is 0.197. The van der Waals surface area contributed by atoms with Crippen LogP contribution < -0.4 is 10.4 Å². The number of aromatic nitrogens is 5. The second-order valence-electron chi connectivity index (χ2n) is 11.5. The molecule has 6 rings (SSSR count). The molecule has 0 radical (unpaired) electrons. The Hall–Kier alpha value is -4.40. The summed E-state index contributed by atoms with van der Waals surface area (Å²) in [6, 6.07) is 28.0. The van der Waals surface area contributed by atoms with Gasteiger partial charge in [-0.25, -0.2) is 14.4 Å². The lowest BCUT2D eigenvalue weighted by Gasteiger charge is -2.43. The average molecular weight is 576 g/mol. The van der Waals surface area contributed by atoms with Crippen LogP contribution in [-0.2, 0) is 17.5 Å². The van der Waals surface area contributed by atoms with Gasteiger partial charge in [-0.05, 0) is 45.2 Å². The van der Waals surface area contributed by atoms with Crippen molar-refractivity contribution >= 4 is 29.7 Å². The minimum atomic E-state index is -2.73. The van der Waals surface area contributed by atoms with Gasteiger partial charge in [-0.2, -0.15) is 0 Å². The summed E-state index contributed by atoms with van der Waals surface area (Å²) in [4.78, 5) is 13.6. The molecule has 0 unspecified atom stereocenters. The second-order valence-corrected chi connectivity index (χ2v) is 15.9. The Morgan fingerprint density at radius 3 is 2.21 bits per heavy atom. The summed E-state index contributed by atoms with van der Waals surface area (Å²) >= 11 is 0. The van der Waals surface area contributed by atoms with Gasteiger partial charge in [-0.15, -0.1) is 0 Å². The molecule has 0 bridgehead atoms. The molecule has 8 heteroatoms. The van der Waals surface area contributed by atoms with Gasteiger partial charge in [0.1, 0.15) is 11.6 Å². The van der Waals surface area contributed by atoms with Gasteiger partial charge >= 0.3 is 0 Å². The van der Waals surface area contributed by atoms with Crippen LogP contribution in [0.15, 0.2) is 116 Å². The van der Waals surface area contributed by atoms with Crippen molar-refractivity contribution in [2.45, 2.75) is 38.9 Å². The smallest absolute Gasteiger partial charge is 0.261 e. The molecule has 3 heterocycles. The maximum Gasteiger partial charge on any atom is 0.261 e. The first-order chi connectivity index (χ1) is 20.3. The Bertz CT molecular complexity index is 1740. The van der Waals surface area contributed by atoms with Crippen molar-refractivity contribution in [1.29, 1.82) is 0 Å². The van der Waals surface area contributed by atoms with Gasteiger partial charge in [0.25, 0.3) is 8.32 Å². The van der Waals surface area contributed by atoms with Crippen LogP contribution in [0.1, 0.15) is 26.3 Å². The van der Waals surface area contributed by atoms with E-state index in [9.17, 15) is 4.39 Å². The Morgan fingerprint density at radius 2 is 1.57 bits per heavy atom. The number of hydrogen-bond donors (Lipinski definition) is 0. The summed E-state index contributed by atoms with van der Waals surface area (Å²) in [6.45, 7) is 8.39. The fourth-order valence-electron chi connectivity index (χ4n) is 5.88. The Morgan fingerprint density at radius 1 is 0.857 bits per heavy atom. The summed E-state index contributed by atoms with van der Waals surface area (Å²) in [6.07, 6.45) is 9.13. The largest absolute Gasteiger partial charge is 0.406 e. The molecule has 0 N–H and O–H groups in total. The lowest BCUT2D eigenvalue weighted by molar-refractivity contribution is 0.283. The summed E-state index contributed by atoms with van der Waals surface area (Å²) in [7, 11) is -2.73. The van der Waals surface area contributed by atoms with E-state index >= 15 is 0 Å². The SMILES string of the molecule is CC(C)(C)[Si](OCCn1c(-c2cncc(Cn3ccnc3)c2)nc2ccc(F)cc21)(c1ccccc1)c1ccccc1. The normalized spacial score (nSPS) is 12.2. The second kappa shape index (κ2) is 11.5.